The third-order valence-corrected chi connectivity index (χ3v) is 4.25. The van der Waals surface area contributed by atoms with Gasteiger partial charge in [-0.3, -0.25) is 0 Å². The van der Waals surface area contributed by atoms with Gasteiger partial charge in [-0.15, -0.1) is 0 Å². The molecule has 24 heavy (non-hydrogen) atoms. The molecule has 0 spiro atoms. The van der Waals surface area contributed by atoms with Gasteiger partial charge in [0.25, 0.3) is 0 Å². The van der Waals surface area contributed by atoms with Crippen LogP contribution in [0.1, 0.15) is 26.3 Å². The van der Waals surface area contributed by atoms with Gasteiger partial charge in [-0.1, -0.05) is 42.5 Å². The fraction of sp³-hybridized carbons (Fsp3) is 0.450. The maximum Gasteiger partial charge on any atom is 0.410 e. The van der Waals surface area contributed by atoms with Crippen LogP contribution >= 0.6 is 0 Å². The molecule has 1 amide bonds. The second-order valence-electron chi connectivity index (χ2n) is 7.42. The number of carbonyl (C=O) groups is 1. The number of hydrogen-bond donors (Lipinski definition) is 1. The van der Waals surface area contributed by atoms with Crippen LogP contribution in [0.4, 0.5) is 4.79 Å². The highest BCUT2D eigenvalue weighted by molar-refractivity contribution is 5.85. The minimum atomic E-state index is -0.451. The largest absolute Gasteiger partial charge is 0.444 e. The molecule has 128 valence electrons. The predicted molar refractivity (Wildman–Crippen MR) is 97.2 cm³/mol. The molecule has 1 aliphatic heterocycles. The molecule has 0 radical (unpaired) electrons. The molecule has 1 saturated heterocycles. The Kier molecular flexibility index (Phi) is 4.76. The van der Waals surface area contributed by atoms with Gasteiger partial charge in [0.15, 0.2) is 0 Å². The topological polar surface area (TPSA) is 41.6 Å². The number of amides is 1. The Labute approximate surface area is 143 Å². The van der Waals surface area contributed by atoms with Crippen molar-refractivity contribution in [1.29, 1.82) is 0 Å². The van der Waals surface area contributed by atoms with Gasteiger partial charge in [0.1, 0.15) is 5.60 Å². The third kappa shape index (κ3) is 4.06. The normalized spacial score (nSPS) is 18.6. The van der Waals surface area contributed by atoms with E-state index in [0.29, 0.717) is 13.1 Å². The van der Waals surface area contributed by atoms with Crippen LogP contribution in [0.5, 0.6) is 0 Å². The highest BCUT2D eigenvalue weighted by Crippen LogP contribution is 2.21. The van der Waals surface area contributed by atoms with Crippen molar-refractivity contribution in [3.8, 4) is 0 Å². The Balaban J connectivity index is 1.70. The molecule has 4 nitrogen and oxygen atoms in total. The second kappa shape index (κ2) is 6.81. The molecule has 1 N–H and O–H groups in total. The maximum atomic E-state index is 12.3. The average molecular weight is 326 g/mol. The molecular weight excluding hydrogens is 300 g/mol. The van der Waals surface area contributed by atoms with Gasteiger partial charge in [0.2, 0.25) is 0 Å². The second-order valence-corrected chi connectivity index (χ2v) is 7.42. The molecule has 1 unspecified atom stereocenters. The molecule has 0 bridgehead atoms. The van der Waals surface area contributed by atoms with Crippen LogP contribution in [0.3, 0.4) is 0 Å². The van der Waals surface area contributed by atoms with Crippen molar-refractivity contribution >= 4 is 16.9 Å². The van der Waals surface area contributed by atoms with Gasteiger partial charge < -0.3 is 15.0 Å². The van der Waals surface area contributed by atoms with Crippen LogP contribution in [0.25, 0.3) is 10.8 Å². The van der Waals surface area contributed by atoms with Crippen LogP contribution in [0.15, 0.2) is 42.5 Å². The van der Waals surface area contributed by atoms with E-state index in [1.807, 2.05) is 25.7 Å². The zero-order chi connectivity index (χ0) is 17.2. The minimum absolute atomic E-state index is 0.216. The average Bonchev–Trinajstić information content (AvgIpc) is 2.54. The molecular formula is C20H26N2O2. The highest BCUT2D eigenvalue weighted by atomic mass is 16.6. The summed E-state index contributed by atoms with van der Waals surface area (Å²) >= 11 is 0. The Hall–Kier alpha value is -2.07. The van der Waals surface area contributed by atoms with E-state index < -0.39 is 5.60 Å². The lowest BCUT2D eigenvalue weighted by Gasteiger charge is -2.35. The number of hydrogen-bond acceptors (Lipinski definition) is 3. The zero-order valence-electron chi connectivity index (χ0n) is 14.7. The SMILES string of the molecule is CC(C)(C)OC(=O)N1CCNC(Cc2cccc3ccccc23)C1. The summed E-state index contributed by atoms with van der Waals surface area (Å²) in [5.74, 6) is 0. The van der Waals surface area contributed by atoms with Gasteiger partial charge in [-0.25, -0.2) is 4.79 Å². The van der Waals surface area contributed by atoms with Crippen molar-refractivity contribution in [2.45, 2.75) is 38.8 Å². The standard InChI is InChI=1S/C20H26N2O2/c1-20(2,3)24-19(23)22-12-11-21-17(14-22)13-16-9-6-8-15-7-4-5-10-18(15)16/h4-10,17,21H,11-14H2,1-3H3. The molecule has 0 aromatic heterocycles. The number of nitrogens with one attached hydrogen (secondary N) is 1. The van der Waals surface area contributed by atoms with Crippen molar-refractivity contribution < 1.29 is 9.53 Å². The number of fused-ring (bicyclic) bond motifs is 1. The van der Waals surface area contributed by atoms with E-state index in [1.54, 1.807) is 0 Å². The Morgan fingerprint density at radius 1 is 1.21 bits per heavy atom. The summed E-state index contributed by atoms with van der Waals surface area (Å²) in [7, 11) is 0. The lowest BCUT2D eigenvalue weighted by molar-refractivity contribution is 0.0195. The number of rotatable bonds is 2. The summed E-state index contributed by atoms with van der Waals surface area (Å²) < 4.78 is 5.51. The van der Waals surface area contributed by atoms with Crippen LogP contribution in [0.2, 0.25) is 0 Å². The van der Waals surface area contributed by atoms with E-state index in [1.165, 1.54) is 16.3 Å². The molecule has 0 aliphatic carbocycles. The van der Waals surface area contributed by atoms with E-state index in [2.05, 4.69) is 47.8 Å². The Bertz CT molecular complexity index is 716. The van der Waals surface area contributed by atoms with E-state index in [-0.39, 0.29) is 12.1 Å². The van der Waals surface area contributed by atoms with E-state index >= 15 is 0 Å². The van der Waals surface area contributed by atoms with E-state index in [4.69, 9.17) is 4.74 Å². The van der Waals surface area contributed by atoms with Gasteiger partial charge >= 0.3 is 6.09 Å². The fourth-order valence-electron chi connectivity index (χ4n) is 3.19. The molecule has 1 fully saturated rings. The molecule has 3 rings (SSSR count). The number of carbonyl (C=O) groups excluding carboxylic acids is 1. The summed E-state index contributed by atoms with van der Waals surface area (Å²) in [4.78, 5) is 14.1. The first kappa shape index (κ1) is 16.8. The molecule has 0 saturated carbocycles. The number of ether oxygens (including phenoxy) is 1. The quantitative estimate of drug-likeness (QED) is 0.917. The summed E-state index contributed by atoms with van der Waals surface area (Å²) in [6.45, 7) is 7.88. The fourth-order valence-corrected chi connectivity index (χ4v) is 3.19. The zero-order valence-corrected chi connectivity index (χ0v) is 14.7. The lowest BCUT2D eigenvalue weighted by Crippen LogP contribution is -2.54. The predicted octanol–water partition coefficient (Wildman–Crippen LogP) is 3.59. The lowest BCUT2D eigenvalue weighted by atomic mass is 9.98. The summed E-state index contributed by atoms with van der Waals surface area (Å²) in [5.41, 5.74) is 0.865. The van der Waals surface area contributed by atoms with Gasteiger partial charge in [0, 0.05) is 25.7 Å². The van der Waals surface area contributed by atoms with E-state index in [0.717, 1.165) is 13.0 Å². The van der Waals surface area contributed by atoms with Gasteiger partial charge in [-0.2, -0.15) is 0 Å². The number of nitrogens with zero attached hydrogens (tertiary/aromatic N) is 1. The van der Waals surface area contributed by atoms with Gasteiger partial charge in [-0.05, 0) is 43.5 Å². The van der Waals surface area contributed by atoms with Crippen molar-refractivity contribution in [3.05, 3.63) is 48.0 Å². The molecule has 2 aromatic rings. The summed E-state index contributed by atoms with van der Waals surface area (Å²) in [6, 6.07) is 15.1. The van der Waals surface area contributed by atoms with Crippen LogP contribution < -0.4 is 5.32 Å². The molecule has 1 atom stereocenters. The summed E-state index contributed by atoms with van der Waals surface area (Å²) in [6.07, 6.45) is 0.688. The third-order valence-electron chi connectivity index (χ3n) is 4.25. The van der Waals surface area contributed by atoms with Crippen molar-refractivity contribution in [2.75, 3.05) is 19.6 Å². The van der Waals surface area contributed by atoms with Crippen LogP contribution in [-0.2, 0) is 11.2 Å². The Morgan fingerprint density at radius 3 is 2.75 bits per heavy atom. The van der Waals surface area contributed by atoms with Crippen LogP contribution in [-0.4, -0.2) is 42.3 Å². The molecule has 2 aromatic carbocycles. The summed E-state index contributed by atoms with van der Waals surface area (Å²) in [5, 5.41) is 6.08. The van der Waals surface area contributed by atoms with E-state index in [9.17, 15) is 4.79 Å². The Morgan fingerprint density at radius 2 is 1.96 bits per heavy atom. The van der Waals surface area contributed by atoms with Gasteiger partial charge in [0.05, 0.1) is 0 Å². The molecule has 1 aliphatic rings. The smallest absolute Gasteiger partial charge is 0.410 e. The molecule has 1 heterocycles. The highest BCUT2D eigenvalue weighted by Gasteiger charge is 2.27. The number of benzene rings is 2. The van der Waals surface area contributed by atoms with Crippen LogP contribution in [0, 0.1) is 0 Å². The monoisotopic (exact) mass is 326 g/mol. The maximum absolute atomic E-state index is 12.3. The molecule has 4 heteroatoms. The number of piperazine rings is 1. The first-order chi connectivity index (χ1) is 11.4. The minimum Gasteiger partial charge on any atom is -0.444 e. The first-order valence-electron chi connectivity index (χ1n) is 8.60. The van der Waals surface area contributed by atoms with Crippen molar-refractivity contribution in [2.24, 2.45) is 0 Å². The van der Waals surface area contributed by atoms with Crippen molar-refractivity contribution in [1.82, 2.24) is 10.2 Å². The van der Waals surface area contributed by atoms with Crippen molar-refractivity contribution in [3.63, 3.8) is 0 Å². The first-order valence-corrected chi connectivity index (χ1v) is 8.60.